The summed E-state index contributed by atoms with van der Waals surface area (Å²) in [5, 5.41) is 17.5. The van der Waals surface area contributed by atoms with Crippen LogP contribution in [0.15, 0.2) is 42.5 Å². The van der Waals surface area contributed by atoms with E-state index in [9.17, 15) is 9.18 Å². The second kappa shape index (κ2) is 8.29. The first-order valence-electron chi connectivity index (χ1n) is 7.49. The van der Waals surface area contributed by atoms with E-state index in [1.54, 1.807) is 24.3 Å². The zero-order chi connectivity index (χ0) is 16.7. The Labute approximate surface area is 134 Å². The second-order valence-electron chi connectivity index (χ2n) is 5.16. The molecule has 122 valence electrons. The van der Waals surface area contributed by atoms with Gasteiger partial charge in [-0.3, -0.25) is 0 Å². The highest BCUT2D eigenvalue weighted by atomic mass is 19.1. The van der Waals surface area contributed by atoms with Crippen LogP contribution in [0.1, 0.15) is 29.6 Å². The molecule has 0 saturated carbocycles. The number of halogens is 1. The SMILES string of the molecule is O=C(O)c1ccc(-c2ccc(OCCCCCO)cc2)c(F)c1. The van der Waals surface area contributed by atoms with Gasteiger partial charge in [0.2, 0.25) is 0 Å². The maximum Gasteiger partial charge on any atom is 0.335 e. The van der Waals surface area contributed by atoms with Crippen LogP contribution in [0.3, 0.4) is 0 Å². The summed E-state index contributed by atoms with van der Waals surface area (Å²) < 4.78 is 19.6. The zero-order valence-corrected chi connectivity index (χ0v) is 12.7. The van der Waals surface area contributed by atoms with E-state index in [1.807, 2.05) is 0 Å². The zero-order valence-electron chi connectivity index (χ0n) is 12.7. The largest absolute Gasteiger partial charge is 0.494 e. The van der Waals surface area contributed by atoms with E-state index in [-0.39, 0.29) is 12.2 Å². The summed E-state index contributed by atoms with van der Waals surface area (Å²) in [6, 6.07) is 10.8. The van der Waals surface area contributed by atoms with Gasteiger partial charge in [0.05, 0.1) is 12.2 Å². The van der Waals surface area contributed by atoms with Crippen molar-refractivity contribution < 1.29 is 24.1 Å². The number of hydrogen-bond acceptors (Lipinski definition) is 3. The molecule has 0 aliphatic carbocycles. The van der Waals surface area contributed by atoms with Crippen LogP contribution in [0.2, 0.25) is 0 Å². The molecular weight excluding hydrogens is 299 g/mol. The monoisotopic (exact) mass is 318 g/mol. The minimum Gasteiger partial charge on any atom is -0.494 e. The van der Waals surface area contributed by atoms with Crippen LogP contribution in [0.5, 0.6) is 5.75 Å². The summed E-state index contributed by atoms with van der Waals surface area (Å²) in [4.78, 5) is 10.8. The molecule has 2 aromatic rings. The van der Waals surface area contributed by atoms with E-state index < -0.39 is 11.8 Å². The van der Waals surface area contributed by atoms with Crippen molar-refractivity contribution in [3.05, 3.63) is 53.8 Å². The van der Waals surface area contributed by atoms with Crippen molar-refractivity contribution in [2.45, 2.75) is 19.3 Å². The average molecular weight is 318 g/mol. The molecule has 0 radical (unpaired) electrons. The van der Waals surface area contributed by atoms with E-state index in [4.69, 9.17) is 14.9 Å². The number of carbonyl (C=O) groups is 1. The number of benzene rings is 2. The molecule has 0 saturated heterocycles. The molecular formula is C18H19FO4. The van der Waals surface area contributed by atoms with Crippen molar-refractivity contribution >= 4 is 5.97 Å². The number of ether oxygens (including phenoxy) is 1. The Bertz CT molecular complexity index is 653. The normalized spacial score (nSPS) is 10.5. The third-order valence-electron chi connectivity index (χ3n) is 3.45. The van der Waals surface area contributed by atoms with E-state index in [2.05, 4.69) is 0 Å². The predicted molar refractivity (Wildman–Crippen MR) is 85.2 cm³/mol. The number of rotatable bonds is 8. The van der Waals surface area contributed by atoms with E-state index in [0.29, 0.717) is 23.5 Å². The Morgan fingerprint density at radius 3 is 2.39 bits per heavy atom. The smallest absolute Gasteiger partial charge is 0.335 e. The molecule has 0 aliphatic rings. The Hall–Kier alpha value is -2.40. The molecule has 0 fully saturated rings. The highest BCUT2D eigenvalue weighted by Crippen LogP contribution is 2.26. The fourth-order valence-corrected chi connectivity index (χ4v) is 2.19. The van der Waals surface area contributed by atoms with Crippen LogP contribution in [0, 0.1) is 5.82 Å². The lowest BCUT2D eigenvalue weighted by atomic mass is 10.0. The van der Waals surface area contributed by atoms with Crippen molar-refractivity contribution in [2.24, 2.45) is 0 Å². The molecule has 5 heteroatoms. The van der Waals surface area contributed by atoms with Gasteiger partial charge in [0, 0.05) is 12.2 Å². The molecule has 0 heterocycles. The number of carboxylic acid groups (broad SMARTS) is 1. The van der Waals surface area contributed by atoms with Gasteiger partial charge in [-0.1, -0.05) is 18.2 Å². The van der Waals surface area contributed by atoms with Gasteiger partial charge in [0.25, 0.3) is 0 Å². The Balaban J connectivity index is 2.00. The molecule has 0 spiro atoms. The van der Waals surface area contributed by atoms with E-state index in [1.165, 1.54) is 12.1 Å². The summed E-state index contributed by atoms with van der Waals surface area (Å²) in [6.07, 6.45) is 2.55. The fraction of sp³-hybridized carbons (Fsp3) is 0.278. The molecule has 23 heavy (non-hydrogen) atoms. The van der Waals surface area contributed by atoms with Gasteiger partial charge in [0.15, 0.2) is 0 Å². The molecule has 0 aromatic heterocycles. The van der Waals surface area contributed by atoms with Crippen LogP contribution >= 0.6 is 0 Å². The van der Waals surface area contributed by atoms with Crippen LogP contribution in [-0.4, -0.2) is 29.4 Å². The van der Waals surface area contributed by atoms with Crippen molar-refractivity contribution in [1.82, 2.24) is 0 Å². The molecule has 4 nitrogen and oxygen atoms in total. The van der Waals surface area contributed by atoms with Crippen LogP contribution in [0.25, 0.3) is 11.1 Å². The van der Waals surface area contributed by atoms with Gasteiger partial charge in [-0.2, -0.15) is 0 Å². The molecule has 2 N–H and O–H groups in total. The summed E-state index contributed by atoms with van der Waals surface area (Å²) >= 11 is 0. The molecule has 2 rings (SSSR count). The number of aromatic carboxylic acids is 1. The van der Waals surface area contributed by atoms with Crippen molar-refractivity contribution in [3.63, 3.8) is 0 Å². The number of hydrogen-bond donors (Lipinski definition) is 2. The molecule has 2 aromatic carbocycles. The second-order valence-corrected chi connectivity index (χ2v) is 5.16. The summed E-state index contributed by atoms with van der Waals surface area (Å²) in [6.45, 7) is 0.766. The summed E-state index contributed by atoms with van der Waals surface area (Å²) in [7, 11) is 0. The third-order valence-corrected chi connectivity index (χ3v) is 3.45. The average Bonchev–Trinajstić information content (AvgIpc) is 2.55. The van der Waals surface area contributed by atoms with E-state index >= 15 is 0 Å². The molecule has 0 unspecified atom stereocenters. The summed E-state index contributed by atoms with van der Waals surface area (Å²) in [5.74, 6) is -1.02. The predicted octanol–water partition coefficient (Wildman–Crippen LogP) is 3.73. The lowest BCUT2D eigenvalue weighted by Gasteiger charge is -2.08. The molecule has 0 atom stereocenters. The van der Waals surface area contributed by atoms with Crippen molar-refractivity contribution in [2.75, 3.05) is 13.2 Å². The minimum absolute atomic E-state index is 0.0749. The number of aliphatic hydroxyl groups excluding tert-OH is 1. The standard InChI is InChI=1S/C18H19FO4/c19-17-12-14(18(21)22)6-9-16(17)13-4-7-15(8-5-13)23-11-3-1-2-10-20/h4-9,12,20H,1-3,10-11H2,(H,21,22). The van der Waals surface area contributed by atoms with E-state index in [0.717, 1.165) is 25.3 Å². The van der Waals surface area contributed by atoms with Gasteiger partial charge in [-0.25, -0.2) is 9.18 Å². The lowest BCUT2D eigenvalue weighted by molar-refractivity contribution is 0.0696. The highest BCUT2D eigenvalue weighted by molar-refractivity contribution is 5.88. The maximum atomic E-state index is 14.0. The van der Waals surface area contributed by atoms with Gasteiger partial charge >= 0.3 is 5.97 Å². The molecule has 0 amide bonds. The van der Waals surface area contributed by atoms with Crippen LogP contribution < -0.4 is 4.74 Å². The maximum absolute atomic E-state index is 14.0. The quantitative estimate of drug-likeness (QED) is 0.728. The molecule has 0 aliphatic heterocycles. The summed E-state index contributed by atoms with van der Waals surface area (Å²) in [5.41, 5.74) is 0.936. The van der Waals surface area contributed by atoms with Gasteiger partial charge in [-0.05, 0) is 49.1 Å². The Kier molecular flexibility index (Phi) is 6.11. The van der Waals surface area contributed by atoms with Gasteiger partial charge in [-0.15, -0.1) is 0 Å². The number of carboxylic acids is 1. The van der Waals surface area contributed by atoms with Crippen molar-refractivity contribution in [3.8, 4) is 16.9 Å². The Morgan fingerprint density at radius 1 is 1.04 bits per heavy atom. The first kappa shape index (κ1) is 17.0. The van der Waals surface area contributed by atoms with Gasteiger partial charge in [0.1, 0.15) is 11.6 Å². The molecule has 0 bridgehead atoms. The fourth-order valence-electron chi connectivity index (χ4n) is 2.19. The topological polar surface area (TPSA) is 66.8 Å². The first-order valence-corrected chi connectivity index (χ1v) is 7.49. The minimum atomic E-state index is -1.15. The van der Waals surface area contributed by atoms with Crippen molar-refractivity contribution in [1.29, 1.82) is 0 Å². The van der Waals surface area contributed by atoms with Gasteiger partial charge < -0.3 is 14.9 Å². The highest BCUT2D eigenvalue weighted by Gasteiger charge is 2.10. The number of aliphatic hydroxyl groups is 1. The third kappa shape index (κ3) is 4.79. The Morgan fingerprint density at radius 2 is 1.78 bits per heavy atom. The lowest BCUT2D eigenvalue weighted by Crippen LogP contribution is -1.98. The first-order chi connectivity index (χ1) is 11.1. The van der Waals surface area contributed by atoms with Crippen LogP contribution in [0.4, 0.5) is 4.39 Å². The number of unbranched alkanes of at least 4 members (excludes halogenated alkanes) is 2. The van der Waals surface area contributed by atoms with Crippen LogP contribution in [-0.2, 0) is 0 Å².